The highest BCUT2D eigenvalue weighted by molar-refractivity contribution is 7.99. The van der Waals surface area contributed by atoms with Crippen LogP contribution < -0.4 is 10.1 Å². The maximum Gasteiger partial charge on any atom is 0.255 e. The van der Waals surface area contributed by atoms with Crippen LogP contribution in [-0.4, -0.2) is 45.7 Å². The van der Waals surface area contributed by atoms with Gasteiger partial charge in [0.1, 0.15) is 11.8 Å². The molecule has 0 saturated carbocycles. The van der Waals surface area contributed by atoms with Crippen molar-refractivity contribution in [3.05, 3.63) is 41.5 Å². The summed E-state index contributed by atoms with van der Waals surface area (Å²) in [6.07, 6.45) is 0. The number of carbonyl (C=O) groups is 1. The molecule has 1 saturated heterocycles. The van der Waals surface area contributed by atoms with Crippen LogP contribution in [0.4, 0.5) is 0 Å². The molecular weight excluding hydrogens is 340 g/mol. The lowest BCUT2D eigenvalue weighted by atomic mass is 10.1. The average Bonchev–Trinajstić information content (AvgIpc) is 3.29. The van der Waals surface area contributed by atoms with Crippen LogP contribution in [0.5, 0.6) is 5.75 Å². The Bertz CT molecular complexity index is 704. The molecule has 1 aliphatic rings. The minimum absolute atomic E-state index is 0.0375. The Morgan fingerprint density at radius 2 is 2.20 bits per heavy atom. The van der Waals surface area contributed by atoms with E-state index in [1.54, 1.807) is 28.8 Å². The Kier molecular flexibility index (Phi) is 5.93. The summed E-state index contributed by atoms with van der Waals surface area (Å²) in [5.41, 5.74) is 0.628. The van der Waals surface area contributed by atoms with E-state index in [1.807, 2.05) is 26.0 Å². The van der Waals surface area contributed by atoms with Crippen molar-refractivity contribution in [3.63, 3.8) is 0 Å². The molecule has 2 aromatic rings. The van der Waals surface area contributed by atoms with Gasteiger partial charge < -0.3 is 19.5 Å². The van der Waals surface area contributed by atoms with Gasteiger partial charge in [-0.05, 0) is 37.7 Å². The fraction of sp³-hybridized carbons (Fsp3) is 0.471. The fourth-order valence-corrected chi connectivity index (χ4v) is 3.73. The van der Waals surface area contributed by atoms with Crippen LogP contribution in [0, 0.1) is 0 Å². The predicted molar refractivity (Wildman–Crippen MR) is 95.5 cm³/mol. The monoisotopic (exact) mass is 362 g/mol. The summed E-state index contributed by atoms with van der Waals surface area (Å²) in [6, 6.07) is 7.02. The van der Waals surface area contributed by atoms with Crippen molar-refractivity contribution in [1.29, 1.82) is 0 Å². The Morgan fingerprint density at radius 1 is 1.40 bits per heavy atom. The number of rotatable bonds is 7. The molecule has 134 valence electrons. The van der Waals surface area contributed by atoms with Gasteiger partial charge >= 0.3 is 0 Å². The first-order valence-electron chi connectivity index (χ1n) is 8.37. The molecule has 8 heteroatoms. The SMILES string of the molecule is CCNCc1noc(C2CSCN2C(=O)c2ccc(OCC)cc2)n1. The number of hydrogen-bond acceptors (Lipinski definition) is 7. The first-order chi connectivity index (χ1) is 12.2. The van der Waals surface area contributed by atoms with E-state index in [-0.39, 0.29) is 11.9 Å². The third-order valence-corrected chi connectivity index (χ3v) is 4.87. The molecule has 0 aliphatic carbocycles. The van der Waals surface area contributed by atoms with Gasteiger partial charge in [0.25, 0.3) is 5.91 Å². The third-order valence-electron chi connectivity index (χ3n) is 3.86. The summed E-state index contributed by atoms with van der Waals surface area (Å²) in [5, 5.41) is 7.15. The molecular formula is C17H22N4O3S. The maximum atomic E-state index is 12.8. The highest BCUT2D eigenvalue weighted by Crippen LogP contribution is 2.33. The van der Waals surface area contributed by atoms with Crippen LogP contribution in [-0.2, 0) is 6.54 Å². The molecule has 1 aromatic carbocycles. The van der Waals surface area contributed by atoms with Gasteiger partial charge in [-0.2, -0.15) is 4.98 Å². The molecule has 1 aliphatic heterocycles. The molecule has 1 atom stereocenters. The second-order valence-corrected chi connectivity index (χ2v) is 6.58. The maximum absolute atomic E-state index is 12.8. The van der Waals surface area contributed by atoms with E-state index >= 15 is 0 Å². The second kappa shape index (κ2) is 8.35. The van der Waals surface area contributed by atoms with Crippen LogP contribution in [0.1, 0.15) is 42.0 Å². The molecule has 1 amide bonds. The first kappa shape index (κ1) is 17.8. The van der Waals surface area contributed by atoms with Gasteiger partial charge in [-0.15, -0.1) is 11.8 Å². The van der Waals surface area contributed by atoms with Crippen molar-refractivity contribution < 1.29 is 14.1 Å². The number of thioether (sulfide) groups is 1. The number of nitrogens with one attached hydrogen (secondary N) is 1. The summed E-state index contributed by atoms with van der Waals surface area (Å²) < 4.78 is 10.8. The summed E-state index contributed by atoms with van der Waals surface area (Å²) in [7, 11) is 0. The van der Waals surface area contributed by atoms with E-state index in [9.17, 15) is 4.79 Å². The lowest BCUT2D eigenvalue weighted by molar-refractivity contribution is 0.0722. The average molecular weight is 362 g/mol. The van der Waals surface area contributed by atoms with Gasteiger partial charge in [0.15, 0.2) is 5.82 Å². The van der Waals surface area contributed by atoms with Gasteiger partial charge in [0, 0.05) is 11.3 Å². The van der Waals surface area contributed by atoms with Crippen molar-refractivity contribution in [3.8, 4) is 5.75 Å². The zero-order chi connectivity index (χ0) is 17.6. The molecule has 25 heavy (non-hydrogen) atoms. The molecule has 1 fully saturated rings. The molecule has 1 N–H and O–H groups in total. The van der Waals surface area contributed by atoms with Crippen LogP contribution in [0.3, 0.4) is 0 Å². The minimum atomic E-state index is -0.188. The van der Waals surface area contributed by atoms with Crippen molar-refractivity contribution in [2.75, 3.05) is 24.8 Å². The number of nitrogens with zero attached hydrogens (tertiary/aromatic N) is 3. The molecule has 7 nitrogen and oxygen atoms in total. The Labute approximate surface area is 151 Å². The van der Waals surface area contributed by atoms with Crippen molar-refractivity contribution in [2.24, 2.45) is 0 Å². The fourth-order valence-electron chi connectivity index (χ4n) is 2.59. The zero-order valence-electron chi connectivity index (χ0n) is 14.4. The van der Waals surface area contributed by atoms with E-state index < -0.39 is 0 Å². The van der Waals surface area contributed by atoms with E-state index in [1.165, 1.54) is 0 Å². The van der Waals surface area contributed by atoms with Gasteiger partial charge in [-0.25, -0.2) is 0 Å². The molecule has 0 radical (unpaired) electrons. The summed E-state index contributed by atoms with van der Waals surface area (Å²) in [5.74, 6) is 3.20. The molecule has 3 rings (SSSR count). The molecule has 2 heterocycles. The summed E-state index contributed by atoms with van der Waals surface area (Å²) in [4.78, 5) is 19.1. The minimum Gasteiger partial charge on any atom is -0.494 e. The number of hydrogen-bond donors (Lipinski definition) is 1. The van der Waals surface area contributed by atoms with Crippen molar-refractivity contribution >= 4 is 17.7 Å². The van der Waals surface area contributed by atoms with Crippen molar-refractivity contribution in [2.45, 2.75) is 26.4 Å². The van der Waals surface area contributed by atoms with Crippen LogP contribution in [0.15, 0.2) is 28.8 Å². The smallest absolute Gasteiger partial charge is 0.255 e. The van der Waals surface area contributed by atoms with Crippen LogP contribution in [0.25, 0.3) is 0 Å². The number of carbonyl (C=O) groups excluding carboxylic acids is 1. The van der Waals surface area contributed by atoms with Gasteiger partial charge in [0.05, 0.1) is 19.0 Å². The highest BCUT2D eigenvalue weighted by atomic mass is 32.2. The second-order valence-electron chi connectivity index (χ2n) is 5.58. The van der Waals surface area contributed by atoms with Gasteiger partial charge in [-0.1, -0.05) is 12.1 Å². The largest absolute Gasteiger partial charge is 0.494 e. The standard InChI is InChI=1S/C17H22N4O3S/c1-3-18-9-15-19-16(24-20-15)14-10-25-11-21(14)17(22)12-5-7-13(8-6-12)23-4-2/h5-8,14,18H,3-4,9-11H2,1-2H3. The van der Waals surface area contributed by atoms with E-state index in [4.69, 9.17) is 9.26 Å². The van der Waals surface area contributed by atoms with E-state index in [0.29, 0.717) is 36.3 Å². The van der Waals surface area contributed by atoms with Gasteiger partial charge in [0.2, 0.25) is 5.89 Å². The lowest BCUT2D eigenvalue weighted by Crippen LogP contribution is -2.31. The number of aromatic nitrogens is 2. The normalized spacial score (nSPS) is 17.0. The highest BCUT2D eigenvalue weighted by Gasteiger charge is 2.35. The van der Waals surface area contributed by atoms with Crippen LogP contribution >= 0.6 is 11.8 Å². The summed E-state index contributed by atoms with van der Waals surface area (Å²) in [6.45, 7) is 5.95. The summed E-state index contributed by atoms with van der Waals surface area (Å²) >= 11 is 1.68. The van der Waals surface area contributed by atoms with Gasteiger partial charge in [-0.3, -0.25) is 4.79 Å². The Balaban J connectivity index is 1.72. The zero-order valence-corrected chi connectivity index (χ0v) is 15.2. The third kappa shape index (κ3) is 4.13. The van der Waals surface area contributed by atoms with E-state index in [2.05, 4.69) is 15.5 Å². The topological polar surface area (TPSA) is 80.5 Å². The van der Waals surface area contributed by atoms with Crippen LogP contribution in [0.2, 0.25) is 0 Å². The number of amides is 1. The molecule has 0 spiro atoms. The quantitative estimate of drug-likeness (QED) is 0.810. The number of benzene rings is 1. The first-order valence-corrected chi connectivity index (χ1v) is 9.53. The molecule has 1 unspecified atom stereocenters. The lowest BCUT2D eigenvalue weighted by Gasteiger charge is -2.21. The Hall–Kier alpha value is -2.06. The van der Waals surface area contributed by atoms with E-state index in [0.717, 1.165) is 18.0 Å². The number of ether oxygens (including phenoxy) is 1. The molecule has 1 aromatic heterocycles. The van der Waals surface area contributed by atoms with Crippen molar-refractivity contribution in [1.82, 2.24) is 20.4 Å². The molecule has 0 bridgehead atoms. The Morgan fingerprint density at radius 3 is 2.92 bits per heavy atom. The predicted octanol–water partition coefficient (Wildman–Crippen LogP) is 2.47.